The fourth-order valence-electron chi connectivity index (χ4n) is 20.6. The SMILES string of the molecule is [2H]C1(c2cc[n+](C)c(-c3c(C)ccc4c3oc3nc(C)ccc34)c2)CCCC1.[2H]C1(c2ccc(-c3c(C)ccc4c3oc3nc(C5([2H])CCCC5)ccc34)[n+](C)c2)CCCC1.[2H]C1(c2ccc(-c3c(C)ccc4c3oc3nc(C5([2H])CCCCC5)ccc34)[n+](C)c2)CCCC1.[2H]C1(c2ccc(-c3c(C)ccc4c3oc3nc(CC(C)(C)C)ccc34)[n+](C)c2)CCCC1. The van der Waals surface area contributed by atoms with Crippen LogP contribution < -0.4 is 18.3 Å². The van der Waals surface area contributed by atoms with E-state index in [0.29, 0.717) is 22.9 Å². The second-order valence-corrected chi connectivity index (χ2v) is 37.1. The topological polar surface area (TPSA) is 120 Å². The maximum absolute atomic E-state index is 8.99. The molecule has 0 amide bonds. The van der Waals surface area contributed by atoms with E-state index in [9.17, 15) is 0 Å². The smallest absolute Gasteiger partial charge is 0.227 e. The van der Waals surface area contributed by atoms with Gasteiger partial charge in [-0.05, 0) is 242 Å². The minimum absolute atomic E-state index is 0.179. The van der Waals surface area contributed by atoms with Gasteiger partial charge in [-0.25, -0.2) is 38.2 Å². The van der Waals surface area contributed by atoms with Crippen LogP contribution in [0.15, 0.2) is 188 Å². The lowest BCUT2D eigenvalue weighted by molar-refractivity contribution is -0.661. The molecule has 12 aromatic heterocycles. The molecular weight excluding hydrogens is 1490 g/mol. The van der Waals surface area contributed by atoms with Crippen molar-refractivity contribution in [3.05, 3.63) is 238 Å². The van der Waals surface area contributed by atoms with E-state index >= 15 is 0 Å². The number of hydrogen-bond donors (Lipinski definition) is 0. The molecule has 618 valence electrons. The first kappa shape index (κ1) is 73.0. The number of aryl methyl sites for hydroxylation is 9. The molecule has 0 N–H and O–H groups in total. The van der Waals surface area contributed by atoms with Crippen LogP contribution in [0, 0.1) is 40.0 Å². The second-order valence-electron chi connectivity index (χ2n) is 37.1. The maximum Gasteiger partial charge on any atom is 0.227 e. The van der Waals surface area contributed by atoms with Crippen molar-refractivity contribution in [3.8, 4) is 45.0 Å². The molecule has 6 aliphatic carbocycles. The largest absolute Gasteiger partial charge is 0.437 e. The van der Waals surface area contributed by atoms with Crippen LogP contribution in [0.25, 0.3) is 133 Å². The first-order chi connectivity index (χ1) is 60.9. The molecule has 16 aromatic rings. The molecule has 6 fully saturated rings. The molecule has 0 radical (unpaired) electrons. The van der Waals surface area contributed by atoms with Gasteiger partial charge in [-0.3, -0.25) is 0 Å². The van der Waals surface area contributed by atoms with E-state index in [0.717, 1.165) is 327 Å². The number of furan rings is 4. The highest BCUT2D eigenvalue weighted by Gasteiger charge is 2.32. The van der Waals surface area contributed by atoms with Gasteiger partial charge >= 0.3 is 0 Å². The number of nitrogens with zero attached hydrogens (tertiary/aromatic N) is 8. The third-order valence-corrected chi connectivity index (χ3v) is 27.2. The van der Waals surface area contributed by atoms with Crippen LogP contribution in [0.3, 0.4) is 0 Å². The van der Waals surface area contributed by atoms with Crippen molar-refractivity contribution in [2.75, 3.05) is 0 Å². The van der Waals surface area contributed by atoms with Crippen molar-refractivity contribution in [1.29, 1.82) is 0 Å². The molecule has 0 saturated heterocycles. The molecule has 0 atom stereocenters. The summed E-state index contributed by atoms with van der Waals surface area (Å²) in [6, 6.07) is 51.0. The maximum atomic E-state index is 8.99. The van der Waals surface area contributed by atoms with Crippen LogP contribution >= 0.6 is 0 Å². The molecule has 0 bridgehead atoms. The third-order valence-electron chi connectivity index (χ3n) is 27.2. The van der Waals surface area contributed by atoms with Crippen molar-refractivity contribution in [3.63, 3.8) is 0 Å². The molecule has 6 aliphatic rings. The lowest BCUT2D eigenvalue weighted by Gasteiger charge is -2.20. The number of aromatic nitrogens is 8. The second kappa shape index (κ2) is 33.6. The summed E-state index contributed by atoms with van der Waals surface area (Å²) in [7, 11) is 8.28. The van der Waals surface area contributed by atoms with Gasteiger partial charge in [-0.15, -0.1) is 0 Å². The number of hydrogen-bond acceptors (Lipinski definition) is 8. The summed E-state index contributed by atoms with van der Waals surface area (Å²) >= 11 is 0. The third kappa shape index (κ3) is 15.9. The van der Waals surface area contributed by atoms with Gasteiger partial charge in [0.25, 0.3) is 0 Å². The molecular formula is C109H122N8O4+4. The van der Waals surface area contributed by atoms with Gasteiger partial charge in [-0.1, -0.05) is 153 Å². The quantitative estimate of drug-likeness (QED) is 0.117. The highest BCUT2D eigenvalue weighted by atomic mass is 16.4. The standard InChI is InChI=1S/C29H33N2O.C28H31N2O.C28H33N2O.C24H25N2O/c1-19-12-14-23-24-15-16-25(21-10-4-3-5-11-21)30-29(24)32-28(23)27(19)26-17-13-22(18-31(26)2)20-8-6-7-9-20;1-18-11-13-22-23-14-15-24(20-9-5-6-10-20)29-28(23)31-27(22)26(18)25-16-12-21(17-30(25)2)19-7-3-4-8-19;1-18-10-13-22-23-14-12-21(16-28(2,3)4)29-27(23)31-26(22)25(18)24-15-11-20(17-30(24)5)19-8-6-7-9-19;1-15-8-10-19-20-11-9-16(2)25-24(20)27-23(19)22(15)21-14-18(12-13-26(21)3)17-6-4-5-7-17/h12-18,20-21H,3-11H2,1-2H3;11-17,19-20H,3-10H2,1-2H3;10-15,17,19H,6-9,16H2,1-5H3;8-14,17H,4-7H2,1-3H3/q4*+1/i20D,21D;19D,20D;19D;17D. The summed E-state index contributed by atoms with van der Waals surface area (Å²) in [6.45, 7) is 17.2. The van der Waals surface area contributed by atoms with Crippen molar-refractivity contribution in [2.45, 2.75) is 258 Å². The minimum Gasteiger partial charge on any atom is -0.437 e. The van der Waals surface area contributed by atoms with Crippen molar-refractivity contribution in [2.24, 2.45) is 33.6 Å². The Morgan fingerprint density at radius 2 is 0.612 bits per heavy atom. The van der Waals surface area contributed by atoms with Gasteiger partial charge in [0.2, 0.25) is 45.6 Å². The van der Waals surface area contributed by atoms with Gasteiger partial charge < -0.3 is 17.7 Å². The number of pyridine rings is 8. The Morgan fingerprint density at radius 3 is 0.975 bits per heavy atom. The zero-order valence-corrected chi connectivity index (χ0v) is 73.3. The molecule has 0 spiro atoms. The summed E-state index contributed by atoms with van der Waals surface area (Å²) in [4.78, 5) is 19.2. The fourth-order valence-corrected chi connectivity index (χ4v) is 20.6. The Labute approximate surface area is 722 Å². The monoisotopic (exact) mass is 1610 g/mol. The van der Waals surface area contributed by atoms with Crippen molar-refractivity contribution >= 4 is 88.3 Å². The number of rotatable bonds is 11. The molecule has 121 heavy (non-hydrogen) atoms. The molecule has 0 unspecified atom stereocenters. The van der Waals surface area contributed by atoms with Crippen molar-refractivity contribution in [1.82, 2.24) is 19.9 Å². The summed E-state index contributed by atoms with van der Waals surface area (Å²) in [6.07, 6.45) is 35.2. The van der Waals surface area contributed by atoms with Crippen LogP contribution in [0.1, 0.15) is 292 Å². The summed E-state index contributed by atoms with van der Waals surface area (Å²) in [5, 5.41) is 8.45. The average Bonchev–Trinajstić information content (AvgIpc) is 1.62. The lowest BCUT2D eigenvalue weighted by atomic mass is 9.86. The average molecular weight is 1610 g/mol. The Morgan fingerprint density at radius 1 is 0.306 bits per heavy atom. The molecule has 12 heteroatoms. The molecule has 4 aromatic carbocycles. The minimum atomic E-state index is -0.598. The van der Waals surface area contributed by atoms with E-state index in [-0.39, 0.29) is 5.41 Å². The Balaban J connectivity index is 0.000000111. The molecule has 0 aliphatic heterocycles. The predicted octanol–water partition coefficient (Wildman–Crippen LogP) is 27.4. The van der Waals surface area contributed by atoms with Crippen LogP contribution in [0.5, 0.6) is 0 Å². The zero-order chi connectivity index (χ0) is 88.4. The Hall–Kier alpha value is -10.7. The van der Waals surface area contributed by atoms with Gasteiger partial charge in [0.15, 0.2) is 47.1 Å². The molecule has 22 rings (SSSR count). The first-order valence-electron chi connectivity index (χ1n) is 48.2. The Bertz CT molecular complexity index is 6970. The highest BCUT2D eigenvalue weighted by Crippen LogP contribution is 2.46. The van der Waals surface area contributed by atoms with E-state index < -0.39 is 35.4 Å². The van der Waals surface area contributed by atoms with Gasteiger partial charge in [0.1, 0.15) is 28.2 Å². The van der Waals surface area contributed by atoms with Gasteiger partial charge in [0, 0.05) is 133 Å². The Kier molecular flexibility index (Phi) is 20.3. The van der Waals surface area contributed by atoms with Gasteiger partial charge in [-0.2, -0.15) is 0 Å². The van der Waals surface area contributed by atoms with E-state index in [1.807, 2.05) is 25.1 Å². The first-order valence-corrected chi connectivity index (χ1v) is 45.2. The highest BCUT2D eigenvalue weighted by molar-refractivity contribution is 6.12. The molecule has 6 saturated carbocycles. The zero-order valence-electron chi connectivity index (χ0n) is 79.3. The van der Waals surface area contributed by atoms with Crippen LogP contribution in [0.4, 0.5) is 0 Å². The van der Waals surface area contributed by atoms with Crippen LogP contribution in [-0.2, 0) is 34.6 Å². The van der Waals surface area contributed by atoms with E-state index in [2.05, 4.69) is 252 Å². The fraction of sp³-hybridized carbons (Fsp3) is 0.413. The lowest BCUT2D eigenvalue weighted by Crippen LogP contribution is -2.31. The van der Waals surface area contributed by atoms with Crippen LogP contribution in [-0.4, -0.2) is 19.9 Å². The number of benzene rings is 4. The van der Waals surface area contributed by atoms with Crippen LogP contribution in [0.2, 0.25) is 0 Å². The summed E-state index contributed by atoms with van der Waals surface area (Å²) in [5.41, 5.74) is 27.8. The van der Waals surface area contributed by atoms with E-state index in [4.69, 9.17) is 40.8 Å². The molecule has 12 nitrogen and oxygen atoms in total. The van der Waals surface area contributed by atoms with E-state index in [1.54, 1.807) is 0 Å². The van der Waals surface area contributed by atoms with E-state index in [1.165, 1.54) is 17.5 Å². The normalized spacial score (nSPS) is 19.0. The summed E-state index contributed by atoms with van der Waals surface area (Å²) in [5.74, 6) is -2.99. The molecule has 12 heterocycles. The predicted molar refractivity (Wildman–Crippen MR) is 491 cm³/mol. The summed E-state index contributed by atoms with van der Waals surface area (Å²) < 4.78 is 87.6. The number of fused-ring (bicyclic) bond motifs is 12. The van der Waals surface area contributed by atoms with Crippen molar-refractivity contribution < 1.29 is 44.2 Å². The van der Waals surface area contributed by atoms with Gasteiger partial charge in [0.05, 0.1) is 22.3 Å².